The number of carbonyl (C=O) groups is 1. The van der Waals surface area contributed by atoms with Crippen molar-refractivity contribution in [3.8, 4) is 0 Å². The highest BCUT2D eigenvalue weighted by Crippen LogP contribution is 2.18. The van der Waals surface area contributed by atoms with Gasteiger partial charge in [0.2, 0.25) is 0 Å². The zero-order valence-electron chi connectivity index (χ0n) is 13.7. The van der Waals surface area contributed by atoms with Crippen molar-refractivity contribution in [3.05, 3.63) is 69.0 Å². The van der Waals surface area contributed by atoms with Crippen molar-refractivity contribution in [2.45, 2.75) is 20.4 Å². The monoisotopic (exact) mass is 327 g/mol. The molecule has 24 heavy (non-hydrogen) atoms. The highest BCUT2D eigenvalue weighted by atomic mass is 19.1. The molecule has 3 rings (SSSR count). The third kappa shape index (κ3) is 2.95. The Bertz CT molecular complexity index is 988. The van der Waals surface area contributed by atoms with Crippen molar-refractivity contribution < 1.29 is 9.18 Å². The van der Waals surface area contributed by atoms with Crippen LogP contribution in [0.1, 0.15) is 27.3 Å². The van der Waals surface area contributed by atoms with E-state index in [1.165, 1.54) is 17.0 Å². The number of fused-ring (bicyclic) bond motifs is 1. The molecule has 6 heteroatoms. The first-order valence-corrected chi connectivity index (χ1v) is 7.58. The summed E-state index contributed by atoms with van der Waals surface area (Å²) in [7, 11) is 1.63. The van der Waals surface area contributed by atoms with Crippen LogP contribution in [0.25, 0.3) is 10.9 Å². The number of nitrogens with one attached hydrogen (secondary N) is 2. The molecule has 0 bridgehead atoms. The van der Waals surface area contributed by atoms with Gasteiger partial charge in [-0.15, -0.1) is 0 Å². The minimum Gasteiger partial charge on any atom is -0.357 e. The third-order valence-corrected chi connectivity index (χ3v) is 3.97. The number of hydrogen-bond acceptors (Lipinski definition) is 2. The molecular weight excluding hydrogens is 309 g/mol. The average Bonchev–Trinajstić information content (AvgIpc) is 2.87. The van der Waals surface area contributed by atoms with Gasteiger partial charge in [-0.05, 0) is 49.7 Å². The standard InChI is InChI=1S/C18H18FN3O2/c1-10-6-11(2)20-17(23)16(10)18(24)22(3)9-14-8-12-7-13(19)4-5-15(12)21-14/h4-8,21H,9H2,1-3H3,(H,20,23). The van der Waals surface area contributed by atoms with E-state index in [4.69, 9.17) is 0 Å². The van der Waals surface area contributed by atoms with Gasteiger partial charge in [-0.3, -0.25) is 9.59 Å². The molecule has 0 spiro atoms. The summed E-state index contributed by atoms with van der Waals surface area (Å²) in [5.41, 5.74) is 2.69. The Labute approximate surface area is 138 Å². The second-order valence-corrected chi connectivity index (χ2v) is 6.03. The Kier molecular flexibility index (Phi) is 3.97. The van der Waals surface area contributed by atoms with Gasteiger partial charge in [0.05, 0.1) is 6.54 Å². The molecule has 0 aliphatic rings. The SMILES string of the molecule is Cc1cc(C)c(C(=O)N(C)Cc2cc3cc(F)ccc3[nH]2)c(=O)[nH]1. The molecule has 0 aliphatic carbocycles. The minimum atomic E-state index is -0.386. The third-order valence-electron chi connectivity index (χ3n) is 3.97. The van der Waals surface area contributed by atoms with Gasteiger partial charge in [-0.25, -0.2) is 4.39 Å². The van der Waals surface area contributed by atoms with Crippen LogP contribution in [-0.4, -0.2) is 27.8 Å². The van der Waals surface area contributed by atoms with Crippen LogP contribution in [0.2, 0.25) is 0 Å². The number of aromatic nitrogens is 2. The van der Waals surface area contributed by atoms with Crippen molar-refractivity contribution >= 4 is 16.8 Å². The normalized spacial score (nSPS) is 11.0. The first-order chi connectivity index (χ1) is 11.3. The number of halogens is 1. The lowest BCUT2D eigenvalue weighted by molar-refractivity contribution is 0.0781. The maximum absolute atomic E-state index is 13.3. The second-order valence-electron chi connectivity index (χ2n) is 6.03. The number of amides is 1. The lowest BCUT2D eigenvalue weighted by atomic mass is 10.1. The summed E-state index contributed by atoms with van der Waals surface area (Å²) in [6.45, 7) is 3.81. The number of carbonyl (C=O) groups excluding carboxylic acids is 1. The second kappa shape index (κ2) is 5.96. The van der Waals surface area contributed by atoms with Crippen LogP contribution in [0, 0.1) is 19.7 Å². The Morgan fingerprint density at radius 1 is 1.17 bits per heavy atom. The fourth-order valence-corrected chi connectivity index (χ4v) is 2.89. The van der Waals surface area contributed by atoms with Gasteiger partial charge >= 0.3 is 0 Å². The Balaban J connectivity index is 1.87. The summed E-state index contributed by atoms with van der Waals surface area (Å²) in [4.78, 5) is 32.0. The molecule has 0 fully saturated rings. The molecule has 2 heterocycles. The van der Waals surface area contributed by atoms with Gasteiger partial charge in [0.1, 0.15) is 11.4 Å². The van der Waals surface area contributed by atoms with Crippen LogP contribution in [0.5, 0.6) is 0 Å². The van der Waals surface area contributed by atoms with Crippen LogP contribution >= 0.6 is 0 Å². The van der Waals surface area contributed by atoms with E-state index in [9.17, 15) is 14.0 Å². The highest BCUT2D eigenvalue weighted by molar-refractivity contribution is 5.95. The Morgan fingerprint density at radius 2 is 1.92 bits per heavy atom. The van der Waals surface area contributed by atoms with Gasteiger partial charge in [-0.1, -0.05) is 0 Å². The largest absolute Gasteiger partial charge is 0.357 e. The number of aromatic amines is 2. The van der Waals surface area contributed by atoms with Gasteiger partial charge in [-0.2, -0.15) is 0 Å². The maximum atomic E-state index is 13.3. The Hall–Kier alpha value is -2.89. The molecule has 0 aliphatic heterocycles. The summed E-state index contributed by atoms with van der Waals surface area (Å²) in [6, 6.07) is 8.05. The van der Waals surface area contributed by atoms with E-state index in [1.807, 2.05) is 0 Å². The van der Waals surface area contributed by atoms with Crippen molar-refractivity contribution in [2.75, 3.05) is 7.05 Å². The van der Waals surface area contributed by atoms with E-state index in [0.717, 1.165) is 16.6 Å². The molecule has 1 aromatic carbocycles. The lowest BCUT2D eigenvalue weighted by Crippen LogP contribution is -2.32. The number of nitrogens with zero attached hydrogens (tertiary/aromatic N) is 1. The number of benzene rings is 1. The molecule has 2 aromatic heterocycles. The maximum Gasteiger partial charge on any atom is 0.261 e. The van der Waals surface area contributed by atoms with Crippen molar-refractivity contribution in [1.82, 2.24) is 14.9 Å². The summed E-state index contributed by atoms with van der Waals surface area (Å²) >= 11 is 0. The van der Waals surface area contributed by atoms with E-state index >= 15 is 0 Å². The van der Waals surface area contributed by atoms with E-state index in [0.29, 0.717) is 17.8 Å². The zero-order chi connectivity index (χ0) is 17.4. The predicted octanol–water partition coefficient (Wildman–Crippen LogP) is 2.88. The molecule has 0 saturated carbocycles. The first kappa shape index (κ1) is 16.0. The van der Waals surface area contributed by atoms with Gasteiger partial charge < -0.3 is 14.9 Å². The smallest absolute Gasteiger partial charge is 0.261 e. The van der Waals surface area contributed by atoms with Gasteiger partial charge in [0, 0.05) is 29.3 Å². The number of rotatable bonds is 3. The fourth-order valence-electron chi connectivity index (χ4n) is 2.89. The van der Waals surface area contributed by atoms with Crippen LogP contribution in [0.15, 0.2) is 35.1 Å². The average molecular weight is 327 g/mol. The van der Waals surface area contributed by atoms with Crippen molar-refractivity contribution in [2.24, 2.45) is 0 Å². The molecule has 0 radical (unpaired) electrons. The summed E-state index contributed by atoms with van der Waals surface area (Å²) < 4.78 is 13.3. The van der Waals surface area contributed by atoms with E-state index in [-0.39, 0.29) is 22.8 Å². The first-order valence-electron chi connectivity index (χ1n) is 7.58. The molecule has 0 unspecified atom stereocenters. The molecule has 1 amide bonds. The van der Waals surface area contributed by atoms with Gasteiger partial charge in [0.15, 0.2) is 0 Å². The zero-order valence-corrected chi connectivity index (χ0v) is 13.7. The molecule has 124 valence electrons. The summed E-state index contributed by atoms with van der Waals surface area (Å²) in [5, 5.41) is 0.746. The number of hydrogen-bond donors (Lipinski definition) is 2. The van der Waals surface area contributed by atoms with E-state index in [2.05, 4.69) is 9.97 Å². The summed E-state index contributed by atoms with van der Waals surface area (Å²) in [5.74, 6) is -0.655. The fraction of sp³-hybridized carbons (Fsp3) is 0.222. The van der Waals surface area contributed by atoms with Crippen molar-refractivity contribution in [1.29, 1.82) is 0 Å². The van der Waals surface area contributed by atoms with Crippen LogP contribution in [-0.2, 0) is 6.54 Å². The van der Waals surface area contributed by atoms with Crippen molar-refractivity contribution in [3.63, 3.8) is 0 Å². The Morgan fingerprint density at radius 3 is 2.62 bits per heavy atom. The molecule has 0 saturated heterocycles. The lowest BCUT2D eigenvalue weighted by Gasteiger charge is -2.17. The number of pyridine rings is 1. The minimum absolute atomic E-state index is 0.144. The molecule has 3 aromatic rings. The van der Waals surface area contributed by atoms with E-state index in [1.54, 1.807) is 39.1 Å². The topological polar surface area (TPSA) is 69.0 Å². The van der Waals surface area contributed by atoms with Gasteiger partial charge in [0.25, 0.3) is 11.5 Å². The molecular formula is C18H18FN3O2. The van der Waals surface area contributed by atoms with Crippen LogP contribution in [0.4, 0.5) is 4.39 Å². The number of aryl methyl sites for hydroxylation is 2. The molecule has 5 nitrogen and oxygen atoms in total. The van der Waals surface area contributed by atoms with Crippen LogP contribution < -0.4 is 5.56 Å². The highest BCUT2D eigenvalue weighted by Gasteiger charge is 2.19. The predicted molar refractivity (Wildman–Crippen MR) is 90.6 cm³/mol. The van der Waals surface area contributed by atoms with Crippen LogP contribution in [0.3, 0.4) is 0 Å². The number of H-pyrrole nitrogens is 2. The molecule has 0 atom stereocenters. The molecule has 2 N–H and O–H groups in total. The summed E-state index contributed by atoms with van der Waals surface area (Å²) in [6.07, 6.45) is 0. The quantitative estimate of drug-likeness (QED) is 0.776. The van der Waals surface area contributed by atoms with E-state index < -0.39 is 0 Å².